The molecule has 3 rings (SSSR count). The SMILES string of the molecule is CCCCCCN1CC2(CCN(C(=O)c3cnc(C)nc3C)CC2)OC1=O. The number of likely N-dealkylation sites (tertiary alicyclic amines) is 1. The average Bonchev–Trinajstić information content (AvgIpc) is 2.94. The van der Waals surface area contributed by atoms with Crippen molar-refractivity contribution in [1.29, 1.82) is 0 Å². The molecule has 0 unspecified atom stereocenters. The zero-order valence-corrected chi connectivity index (χ0v) is 16.7. The van der Waals surface area contributed by atoms with E-state index in [2.05, 4.69) is 16.9 Å². The van der Waals surface area contributed by atoms with E-state index in [0.29, 0.717) is 49.6 Å². The number of ether oxygens (including phenoxy) is 1. The molecule has 2 saturated heterocycles. The Morgan fingerprint density at radius 3 is 2.63 bits per heavy atom. The summed E-state index contributed by atoms with van der Waals surface area (Å²) >= 11 is 0. The van der Waals surface area contributed by atoms with E-state index in [1.165, 1.54) is 12.8 Å². The number of carbonyl (C=O) groups is 2. The first kappa shape index (κ1) is 19.6. The highest BCUT2D eigenvalue weighted by atomic mass is 16.6. The third-order valence-electron chi connectivity index (χ3n) is 5.61. The largest absolute Gasteiger partial charge is 0.441 e. The van der Waals surface area contributed by atoms with Gasteiger partial charge in [0.25, 0.3) is 5.91 Å². The highest BCUT2D eigenvalue weighted by Gasteiger charge is 2.47. The lowest BCUT2D eigenvalue weighted by Crippen LogP contribution is -2.49. The van der Waals surface area contributed by atoms with Gasteiger partial charge < -0.3 is 14.5 Å². The van der Waals surface area contributed by atoms with Gasteiger partial charge in [-0.1, -0.05) is 26.2 Å². The Morgan fingerprint density at radius 2 is 1.96 bits per heavy atom. The van der Waals surface area contributed by atoms with Gasteiger partial charge in [0.05, 0.1) is 17.8 Å². The molecule has 27 heavy (non-hydrogen) atoms. The Labute approximate surface area is 161 Å². The molecular formula is C20H30N4O3. The van der Waals surface area contributed by atoms with Gasteiger partial charge in [0.15, 0.2) is 0 Å². The van der Waals surface area contributed by atoms with Crippen LogP contribution in [0.3, 0.4) is 0 Å². The van der Waals surface area contributed by atoms with E-state index < -0.39 is 5.60 Å². The van der Waals surface area contributed by atoms with Crippen molar-refractivity contribution in [3.63, 3.8) is 0 Å². The maximum Gasteiger partial charge on any atom is 0.410 e. The Morgan fingerprint density at radius 1 is 1.22 bits per heavy atom. The third-order valence-corrected chi connectivity index (χ3v) is 5.61. The van der Waals surface area contributed by atoms with Gasteiger partial charge in [-0.3, -0.25) is 4.79 Å². The number of hydrogen-bond acceptors (Lipinski definition) is 5. The minimum Gasteiger partial charge on any atom is -0.441 e. The zero-order valence-electron chi connectivity index (χ0n) is 16.7. The minimum atomic E-state index is -0.433. The first-order chi connectivity index (χ1) is 12.9. The molecule has 1 aromatic rings. The summed E-state index contributed by atoms with van der Waals surface area (Å²) in [6.07, 6.45) is 7.33. The first-order valence-corrected chi connectivity index (χ1v) is 10.0. The van der Waals surface area contributed by atoms with E-state index >= 15 is 0 Å². The quantitative estimate of drug-likeness (QED) is 0.715. The molecule has 1 aromatic heterocycles. The second-order valence-electron chi connectivity index (χ2n) is 7.74. The molecular weight excluding hydrogens is 344 g/mol. The fourth-order valence-electron chi connectivity index (χ4n) is 3.94. The predicted molar refractivity (Wildman–Crippen MR) is 102 cm³/mol. The summed E-state index contributed by atoms with van der Waals surface area (Å²) in [5.74, 6) is 0.627. The number of aromatic nitrogens is 2. The van der Waals surface area contributed by atoms with E-state index in [9.17, 15) is 9.59 Å². The van der Waals surface area contributed by atoms with Crippen LogP contribution in [0.5, 0.6) is 0 Å². The number of carbonyl (C=O) groups excluding carboxylic acids is 2. The lowest BCUT2D eigenvalue weighted by molar-refractivity contribution is 0.00309. The summed E-state index contributed by atoms with van der Waals surface area (Å²) in [6, 6.07) is 0. The highest BCUT2D eigenvalue weighted by Crippen LogP contribution is 2.34. The zero-order chi connectivity index (χ0) is 19.4. The topological polar surface area (TPSA) is 75.6 Å². The van der Waals surface area contributed by atoms with Gasteiger partial charge in [-0.05, 0) is 20.3 Å². The monoisotopic (exact) mass is 374 g/mol. The molecule has 2 amide bonds. The number of hydrogen-bond donors (Lipinski definition) is 0. The molecule has 7 nitrogen and oxygen atoms in total. The maximum absolute atomic E-state index is 12.8. The van der Waals surface area contributed by atoms with E-state index in [0.717, 1.165) is 19.4 Å². The minimum absolute atomic E-state index is 0.0388. The molecule has 7 heteroatoms. The number of piperidine rings is 1. The van der Waals surface area contributed by atoms with Crippen molar-refractivity contribution in [2.45, 2.75) is 64.9 Å². The van der Waals surface area contributed by atoms with Crippen LogP contribution in [0.2, 0.25) is 0 Å². The molecule has 0 radical (unpaired) electrons. The Hall–Kier alpha value is -2.18. The molecule has 1 spiro atoms. The summed E-state index contributed by atoms with van der Waals surface area (Å²) in [4.78, 5) is 37.1. The lowest BCUT2D eigenvalue weighted by atomic mass is 9.91. The Balaban J connectivity index is 1.55. The summed E-state index contributed by atoms with van der Waals surface area (Å²) < 4.78 is 5.76. The standard InChI is InChI=1S/C20H30N4O3/c1-4-5-6-7-10-24-14-20(27-19(24)26)8-11-23(12-9-20)18(25)17-13-21-16(3)22-15(17)2/h13H,4-12,14H2,1-3H3. The van der Waals surface area contributed by atoms with Crippen LogP contribution >= 0.6 is 0 Å². The molecule has 0 aromatic carbocycles. The van der Waals surface area contributed by atoms with Crippen molar-refractivity contribution in [3.05, 3.63) is 23.3 Å². The lowest BCUT2D eigenvalue weighted by Gasteiger charge is -2.37. The summed E-state index contributed by atoms with van der Waals surface area (Å²) in [7, 11) is 0. The van der Waals surface area contributed by atoms with E-state index in [4.69, 9.17) is 4.74 Å². The highest BCUT2D eigenvalue weighted by molar-refractivity contribution is 5.95. The van der Waals surface area contributed by atoms with Gasteiger partial charge in [0, 0.05) is 38.7 Å². The van der Waals surface area contributed by atoms with Crippen LogP contribution in [0.1, 0.15) is 67.3 Å². The van der Waals surface area contributed by atoms with Crippen molar-refractivity contribution < 1.29 is 14.3 Å². The fourth-order valence-corrected chi connectivity index (χ4v) is 3.94. The van der Waals surface area contributed by atoms with Crippen molar-refractivity contribution >= 4 is 12.0 Å². The Bertz CT molecular complexity index is 698. The van der Waals surface area contributed by atoms with E-state index in [1.807, 2.05) is 23.6 Å². The molecule has 2 aliphatic heterocycles. The van der Waals surface area contributed by atoms with Crippen LogP contribution in [0, 0.1) is 13.8 Å². The van der Waals surface area contributed by atoms with Crippen LogP contribution in [0.15, 0.2) is 6.20 Å². The smallest absolute Gasteiger partial charge is 0.410 e. The molecule has 0 aliphatic carbocycles. The van der Waals surface area contributed by atoms with Gasteiger partial charge in [0.2, 0.25) is 0 Å². The third kappa shape index (κ3) is 4.39. The van der Waals surface area contributed by atoms with Crippen molar-refractivity contribution in [2.75, 3.05) is 26.2 Å². The van der Waals surface area contributed by atoms with Gasteiger partial charge >= 0.3 is 6.09 Å². The van der Waals surface area contributed by atoms with Crippen LogP contribution in [-0.4, -0.2) is 63.5 Å². The van der Waals surface area contributed by atoms with Crippen LogP contribution in [0.25, 0.3) is 0 Å². The molecule has 0 bridgehead atoms. The van der Waals surface area contributed by atoms with Gasteiger partial charge in [0.1, 0.15) is 11.4 Å². The maximum atomic E-state index is 12.8. The number of aryl methyl sites for hydroxylation is 2. The van der Waals surface area contributed by atoms with Crippen LogP contribution in [-0.2, 0) is 4.74 Å². The van der Waals surface area contributed by atoms with Crippen molar-refractivity contribution in [2.24, 2.45) is 0 Å². The van der Waals surface area contributed by atoms with Gasteiger partial charge in [-0.2, -0.15) is 0 Å². The average molecular weight is 374 g/mol. The number of amides is 2. The molecule has 148 valence electrons. The fraction of sp³-hybridized carbons (Fsp3) is 0.700. The summed E-state index contributed by atoms with van der Waals surface area (Å²) in [5.41, 5.74) is 0.827. The van der Waals surface area contributed by atoms with Gasteiger partial charge in [-0.15, -0.1) is 0 Å². The first-order valence-electron chi connectivity index (χ1n) is 10.0. The molecule has 0 N–H and O–H groups in total. The molecule has 0 atom stereocenters. The molecule has 2 fully saturated rings. The molecule has 3 heterocycles. The summed E-state index contributed by atoms with van der Waals surface area (Å²) in [5, 5.41) is 0. The van der Waals surface area contributed by atoms with Crippen molar-refractivity contribution in [1.82, 2.24) is 19.8 Å². The number of nitrogens with zero attached hydrogens (tertiary/aromatic N) is 4. The van der Waals surface area contributed by atoms with E-state index in [-0.39, 0.29) is 12.0 Å². The predicted octanol–water partition coefficient (Wildman–Crippen LogP) is 3.10. The molecule has 2 aliphatic rings. The Kier molecular flexibility index (Phi) is 5.97. The van der Waals surface area contributed by atoms with Crippen LogP contribution < -0.4 is 0 Å². The normalized spacial score (nSPS) is 18.9. The summed E-state index contributed by atoms with van der Waals surface area (Å²) in [6.45, 7) is 8.41. The number of rotatable bonds is 6. The number of unbranched alkanes of at least 4 members (excludes halogenated alkanes) is 3. The molecule has 0 saturated carbocycles. The van der Waals surface area contributed by atoms with E-state index in [1.54, 1.807) is 6.20 Å². The second-order valence-corrected chi connectivity index (χ2v) is 7.74. The van der Waals surface area contributed by atoms with Crippen LogP contribution in [0.4, 0.5) is 4.79 Å². The van der Waals surface area contributed by atoms with Gasteiger partial charge in [-0.25, -0.2) is 14.8 Å². The van der Waals surface area contributed by atoms with Crippen molar-refractivity contribution in [3.8, 4) is 0 Å². The second kappa shape index (κ2) is 8.23.